The third-order valence-electron chi connectivity index (χ3n) is 5.11. The Bertz CT molecular complexity index is 1450. The normalized spacial score (nSPS) is 11.2. The number of anilines is 4. The molecule has 2 amide bonds. The Balaban J connectivity index is 1.42. The SMILES string of the molecule is CNCCOc1ccc(NC(=O)Nc2ccc(Nc3ncnc4[nH]ccc(=O)c34)cc2)cc1C(F)(F)F. The van der Waals surface area contributed by atoms with Crippen LogP contribution in [-0.4, -0.2) is 41.2 Å². The molecule has 0 aliphatic heterocycles. The number of amides is 2. The molecule has 0 aliphatic carbocycles. The Kier molecular flexibility index (Phi) is 7.53. The van der Waals surface area contributed by atoms with Gasteiger partial charge in [0, 0.05) is 35.9 Å². The van der Waals surface area contributed by atoms with Crippen molar-refractivity contribution in [3.63, 3.8) is 0 Å². The quantitative estimate of drug-likeness (QED) is 0.222. The summed E-state index contributed by atoms with van der Waals surface area (Å²) in [7, 11) is 1.66. The predicted octanol–water partition coefficient (Wildman–Crippen LogP) is 4.32. The molecule has 13 heteroatoms. The van der Waals surface area contributed by atoms with Gasteiger partial charge in [-0.2, -0.15) is 13.2 Å². The molecule has 2 heterocycles. The minimum Gasteiger partial charge on any atom is -0.492 e. The highest BCUT2D eigenvalue weighted by Gasteiger charge is 2.35. The van der Waals surface area contributed by atoms with Gasteiger partial charge in [0.2, 0.25) is 0 Å². The van der Waals surface area contributed by atoms with Crippen LogP contribution >= 0.6 is 0 Å². The number of hydrogen-bond acceptors (Lipinski definition) is 7. The van der Waals surface area contributed by atoms with E-state index in [4.69, 9.17) is 4.74 Å². The van der Waals surface area contributed by atoms with Gasteiger partial charge >= 0.3 is 12.2 Å². The van der Waals surface area contributed by atoms with Gasteiger partial charge in [0.15, 0.2) is 5.43 Å². The van der Waals surface area contributed by atoms with Crippen LogP contribution in [0, 0.1) is 0 Å². The molecule has 2 aromatic carbocycles. The van der Waals surface area contributed by atoms with E-state index in [1.807, 2.05) is 0 Å². The molecule has 4 rings (SSSR count). The first kappa shape index (κ1) is 25.4. The average molecular weight is 513 g/mol. The van der Waals surface area contributed by atoms with Crippen molar-refractivity contribution in [1.29, 1.82) is 0 Å². The van der Waals surface area contributed by atoms with E-state index >= 15 is 0 Å². The summed E-state index contributed by atoms with van der Waals surface area (Å²) < 4.78 is 45.6. The second kappa shape index (κ2) is 11.0. The molecule has 4 aromatic rings. The number of benzene rings is 2. The van der Waals surface area contributed by atoms with Crippen LogP contribution in [0.15, 0.2) is 65.8 Å². The maximum atomic E-state index is 13.5. The lowest BCUT2D eigenvalue weighted by Gasteiger charge is -2.16. The van der Waals surface area contributed by atoms with E-state index in [-0.39, 0.29) is 23.5 Å². The number of ether oxygens (including phenoxy) is 1. The number of pyridine rings is 1. The highest BCUT2D eigenvalue weighted by molar-refractivity contribution is 6.00. The summed E-state index contributed by atoms with van der Waals surface area (Å²) in [5, 5.41) is 11.1. The van der Waals surface area contributed by atoms with Crippen molar-refractivity contribution in [2.75, 3.05) is 36.1 Å². The predicted molar refractivity (Wildman–Crippen MR) is 133 cm³/mol. The summed E-state index contributed by atoms with van der Waals surface area (Å²) in [5.74, 6) is -0.0144. The molecule has 0 aliphatic rings. The van der Waals surface area contributed by atoms with Crippen molar-refractivity contribution in [1.82, 2.24) is 20.3 Å². The zero-order valence-corrected chi connectivity index (χ0v) is 19.4. The Morgan fingerprint density at radius 1 is 1.00 bits per heavy atom. The molecule has 0 atom stereocenters. The standard InChI is InChI=1S/C24H22F3N7O3/c1-28-10-11-37-19-7-6-16(12-17(19)24(25,26)27)34-23(36)33-15-4-2-14(3-5-15)32-22-20-18(35)8-9-29-21(20)30-13-31-22/h2-9,12-13,28H,10-11H2,1H3,(H2,33,34,36)(H2,29,30,31,32,35). The monoisotopic (exact) mass is 513 g/mol. The van der Waals surface area contributed by atoms with Gasteiger partial charge in [-0.25, -0.2) is 14.8 Å². The first-order valence-corrected chi connectivity index (χ1v) is 11.0. The smallest absolute Gasteiger partial charge is 0.420 e. The van der Waals surface area contributed by atoms with Gasteiger partial charge < -0.3 is 31.0 Å². The number of urea groups is 1. The largest absolute Gasteiger partial charge is 0.492 e. The van der Waals surface area contributed by atoms with Crippen LogP contribution in [0.1, 0.15) is 5.56 Å². The van der Waals surface area contributed by atoms with Crippen LogP contribution in [0.2, 0.25) is 0 Å². The van der Waals surface area contributed by atoms with E-state index in [0.29, 0.717) is 34.8 Å². The van der Waals surface area contributed by atoms with Gasteiger partial charge in [0.1, 0.15) is 35.5 Å². The first-order chi connectivity index (χ1) is 17.7. The number of rotatable bonds is 8. The molecule has 0 unspecified atom stereocenters. The van der Waals surface area contributed by atoms with Gasteiger partial charge in [-0.15, -0.1) is 0 Å². The molecule has 0 radical (unpaired) electrons. The summed E-state index contributed by atoms with van der Waals surface area (Å²) in [6.45, 7) is 0.434. The molecular weight excluding hydrogens is 491 g/mol. The Hall–Kier alpha value is -4.65. The maximum Gasteiger partial charge on any atom is 0.420 e. The highest BCUT2D eigenvalue weighted by Crippen LogP contribution is 2.38. The van der Waals surface area contributed by atoms with Crippen molar-refractivity contribution < 1.29 is 22.7 Å². The number of likely N-dealkylation sites (N-methyl/N-ethyl adjacent to an activating group) is 1. The molecule has 5 N–H and O–H groups in total. The molecule has 10 nitrogen and oxygen atoms in total. The lowest BCUT2D eigenvalue weighted by Crippen LogP contribution is -2.20. The van der Waals surface area contributed by atoms with Crippen LogP contribution in [0.4, 0.5) is 40.8 Å². The van der Waals surface area contributed by atoms with E-state index in [1.54, 1.807) is 31.3 Å². The second-order valence-electron chi connectivity index (χ2n) is 7.73. The Morgan fingerprint density at radius 2 is 1.70 bits per heavy atom. The minimum atomic E-state index is -4.66. The van der Waals surface area contributed by atoms with E-state index in [2.05, 4.69) is 36.2 Å². The van der Waals surface area contributed by atoms with Crippen molar-refractivity contribution in [2.45, 2.75) is 6.18 Å². The Morgan fingerprint density at radius 3 is 2.43 bits per heavy atom. The number of H-pyrrole nitrogens is 1. The lowest BCUT2D eigenvalue weighted by atomic mass is 10.1. The number of nitrogens with zero attached hydrogens (tertiary/aromatic N) is 2. The second-order valence-corrected chi connectivity index (χ2v) is 7.73. The lowest BCUT2D eigenvalue weighted by molar-refractivity contribution is -0.138. The molecule has 37 heavy (non-hydrogen) atoms. The van der Waals surface area contributed by atoms with Crippen molar-refractivity contribution >= 4 is 39.9 Å². The zero-order valence-electron chi connectivity index (χ0n) is 19.4. The minimum absolute atomic E-state index is 0.0510. The number of aromatic amines is 1. The fourth-order valence-corrected chi connectivity index (χ4v) is 3.39. The third-order valence-corrected chi connectivity index (χ3v) is 5.11. The number of aromatic nitrogens is 3. The molecular formula is C24H22F3N7O3. The summed E-state index contributed by atoms with van der Waals surface area (Å²) in [5.41, 5.74) is 0.0523. The van der Waals surface area contributed by atoms with E-state index in [0.717, 1.165) is 12.1 Å². The number of alkyl halides is 3. The van der Waals surface area contributed by atoms with Crippen LogP contribution in [-0.2, 0) is 6.18 Å². The van der Waals surface area contributed by atoms with E-state index in [1.165, 1.54) is 24.7 Å². The van der Waals surface area contributed by atoms with Gasteiger partial charge in [-0.05, 0) is 49.5 Å². The molecule has 0 fully saturated rings. The summed E-state index contributed by atoms with van der Waals surface area (Å²) in [6.07, 6.45) is -1.86. The first-order valence-electron chi connectivity index (χ1n) is 11.0. The van der Waals surface area contributed by atoms with Gasteiger partial charge in [0.25, 0.3) is 0 Å². The van der Waals surface area contributed by atoms with Crippen LogP contribution in [0.25, 0.3) is 11.0 Å². The van der Waals surface area contributed by atoms with Crippen molar-refractivity contribution in [3.8, 4) is 5.75 Å². The molecule has 2 aromatic heterocycles. The average Bonchev–Trinajstić information content (AvgIpc) is 2.86. The summed E-state index contributed by atoms with van der Waals surface area (Å²) in [6, 6.07) is 10.4. The van der Waals surface area contributed by atoms with E-state index in [9.17, 15) is 22.8 Å². The Labute approximate surface area is 208 Å². The summed E-state index contributed by atoms with van der Waals surface area (Å²) >= 11 is 0. The summed E-state index contributed by atoms with van der Waals surface area (Å²) in [4.78, 5) is 35.6. The number of nitrogens with one attached hydrogen (secondary N) is 5. The molecule has 192 valence electrons. The van der Waals surface area contributed by atoms with Crippen LogP contribution in [0.5, 0.6) is 5.75 Å². The molecule has 0 bridgehead atoms. The number of hydrogen-bond donors (Lipinski definition) is 5. The number of halogens is 3. The maximum absolute atomic E-state index is 13.5. The van der Waals surface area contributed by atoms with Crippen molar-refractivity contribution in [3.05, 3.63) is 76.8 Å². The van der Waals surface area contributed by atoms with Gasteiger partial charge in [-0.1, -0.05) is 0 Å². The number of carbonyl (C=O) groups is 1. The molecule has 0 saturated carbocycles. The highest BCUT2D eigenvalue weighted by atomic mass is 19.4. The van der Waals surface area contributed by atoms with Crippen LogP contribution < -0.4 is 31.4 Å². The van der Waals surface area contributed by atoms with E-state index < -0.39 is 17.8 Å². The number of fused-ring (bicyclic) bond motifs is 1. The third kappa shape index (κ3) is 6.32. The van der Waals surface area contributed by atoms with Crippen molar-refractivity contribution in [2.24, 2.45) is 0 Å². The topological polar surface area (TPSA) is 133 Å². The zero-order chi connectivity index (χ0) is 26.4. The molecule has 0 spiro atoms. The fourth-order valence-electron chi connectivity index (χ4n) is 3.39. The number of carbonyl (C=O) groups excluding carboxylic acids is 1. The van der Waals surface area contributed by atoms with Crippen LogP contribution in [0.3, 0.4) is 0 Å². The molecule has 0 saturated heterocycles. The van der Waals surface area contributed by atoms with Gasteiger partial charge in [-0.3, -0.25) is 4.79 Å². The fraction of sp³-hybridized carbons (Fsp3) is 0.167. The van der Waals surface area contributed by atoms with Gasteiger partial charge in [0.05, 0.1) is 5.56 Å².